The van der Waals surface area contributed by atoms with Gasteiger partial charge in [0.2, 0.25) is 0 Å². The van der Waals surface area contributed by atoms with Gasteiger partial charge in [0.05, 0.1) is 25.0 Å². The molecule has 0 radical (unpaired) electrons. The Morgan fingerprint density at radius 2 is 0.696 bits per heavy atom. The first-order valence-electron chi connectivity index (χ1n) is 33.3. The van der Waals surface area contributed by atoms with Crippen molar-refractivity contribution in [2.75, 3.05) is 24.0 Å². The molecular formula is C92H66F4N2O4. The molecule has 0 N–H and O–H groups in total. The second kappa shape index (κ2) is 27.4. The number of fused-ring (bicyclic) bond motifs is 6. The van der Waals surface area contributed by atoms with E-state index in [2.05, 4.69) is 92.5 Å². The number of benzene rings is 13. The van der Waals surface area contributed by atoms with Gasteiger partial charge in [0.1, 0.15) is 69.1 Å². The first-order chi connectivity index (χ1) is 49.9. The molecule has 0 heterocycles. The number of anilines is 5. The van der Waals surface area contributed by atoms with E-state index in [9.17, 15) is 0 Å². The zero-order valence-electron chi connectivity index (χ0n) is 55.8. The second-order valence-electron chi connectivity index (χ2n) is 24.9. The minimum atomic E-state index is -0.965. The van der Waals surface area contributed by atoms with Crippen LogP contribution in [-0.2, 0) is 10.8 Å². The summed E-state index contributed by atoms with van der Waals surface area (Å²) in [7, 11) is 3.27. The molecule has 13 aromatic rings. The maximum Gasteiger partial charge on any atom is 0.150 e. The molecule has 10 heteroatoms. The molecule has 0 bridgehead atoms. The van der Waals surface area contributed by atoms with Crippen LogP contribution >= 0.6 is 0 Å². The Labute approximate surface area is 590 Å². The van der Waals surface area contributed by atoms with Crippen LogP contribution in [0, 0.1) is 23.3 Å². The monoisotopic (exact) mass is 1340 g/mol. The van der Waals surface area contributed by atoms with Gasteiger partial charge in [-0.3, -0.25) is 0 Å². The molecule has 6 nitrogen and oxygen atoms in total. The predicted octanol–water partition coefficient (Wildman–Crippen LogP) is 24.2. The Balaban J connectivity index is 0.811. The van der Waals surface area contributed by atoms with Crippen molar-refractivity contribution in [3.05, 3.63) is 419 Å². The summed E-state index contributed by atoms with van der Waals surface area (Å²) >= 11 is 0. The van der Waals surface area contributed by atoms with Crippen LogP contribution in [0.5, 0.6) is 34.5 Å². The van der Waals surface area contributed by atoms with Crippen molar-refractivity contribution in [1.29, 1.82) is 0 Å². The first kappa shape index (κ1) is 65.0. The van der Waals surface area contributed by atoms with Gasteiger partial charge in [-0.2, -0.15) is 0 Å². The molecule has 2 aliphatic carbocycles. The zero-order chi connectivity index (χ0) is 70.1. The molecule has 102 heavy (non-hydrogen) atoms. The van der Waals surface area contributed by atoms with Crippen molar-refractivity contribution >= 4 is 46.7 Å². The van der Waals surface area contributed by atoms with Crippen molar-refractivity contribution in [2.24, 2.45) is 0 Å². The van der Waals surface area contributed by atoms with E-state index >= 15 is 17.6 Å². The first-order valence-corrected chi connectivity index (χ1v) is 33.3. The summed E-state index contributed by atoms with van der Waals surface area (Å²) in [6, 6.07) is 91.0. The largest absolute Gasteiger partial charge is 0.497 e. The van der Waals surface area contributed by atoms with Crippen LogP contribution in [0.15, 0.2) is 335 Å². The summed E-state index contributed by atoms with van der Waals surface area (Å²) in [5.41, 5.74) is 13.4. The Kier molecular flexibility index (Phi) is 17.5. The van der Waals surface area contributed by atoms with Gasteiger partial charge in [0, 0.05) is 22.8 Å². The fraction of sp³-hybridized carbons (Fsp3) is 0.0435. The van der Waals surface area contributed by atoms with Gasteiger partial charge in [-0.25, -0.2) is 17.6 Å². The quantitative estimate of drug-likeness (QED) is 0.0528. The molecule has 496 valence electrons. The Morgan fingerprint density at radius 3 is 1.11 bits per heavy atom. The molecule has 2 unspecified atom stereocenters. The van der Waals surface area contributed by atoms with E-state index in [4.69, 9.17) is 18.9 Å². The number of rotatable bonds is 21. The van der Waals surface area contributed by atoms with E-state index in [1.165, 1.54) is 36.4 Å². The molecule has 15 rings (SSSR count). The molecule has 0 spiro atoms. The number of ether oxygens (including phenoxy) is 4. The lowest BCUT2D eigenvalue weighted by molar-refractivity contribution is 0.414. The van der Waals surface area contributed by atoms with Crippen LogP contribution in [0.2, 0.25) is 0 Å². The number of hydrogen-bond acceptors (Lipinski definition) is 6. The number of hydrogen-bond donors (Lipinski definition) is 0. The van der Waals surface area contributed by atoms with Crippen LogP contribution in [0.3, 0.4) is 0 Å². The highest BCUT2D eigenvalue weighted by molar-refractivity contribution is 5.92. The normalized spacial score (nSPS) is 14.8. The smallest absolute Gasteiger partial charge is 0.150 e. The molecule has 0 fully saturated rings. The van der Waals surface area contributed by atoms with Crippen LogP contribution in [0.4, 0.5) is 46.0 Å². The molecule has 2 atom stereocenters. The number of para-hydroxylation sites is 2. The fourth-order valence-electron chi connectivity index (χ4n) is 14.7. The van der Waals surface area contributed by atoms with E-state index in [-0.39, 0.29) is 11.4 Å². The van der Waals surface area contributed by atoms with Crippen LogP contribution in [-0.4, -0.2) is 14.2 Å². The predicted molar refractivity (Wildman–Crippen MR) is 404 cm³/mol. The molecule has 0 amide bonds. The number of halogens is 4. The summed E-state index contributed by atoms with van der Waals surface area (Å²) in [5, 5.41) is 0. The van der Waals surface area contributed by atoms with E-state index in [1.807, 2.05) is 188 Å². The van der Waals surface area contributed by atoms with E-state index < -0.39 is 34.1 Å². The molecule has 0 saturated heterocycles. The molecule has 0 saturated carbocycles. The molecule has 0 aromatic heterocycles. The third-order valence-electron chi connectivity index (χ3n) is 19.4. The number of allylic oxidation sites excluding steroid dienone is 3. The van der Waals surface area contributed by atoms with Gasteiger partial charge in [-0.1, -0.05) is 202 Å². The summed E-state index contributed by atoms with van der Waals surface area (Å²) in [5.74, 6) is 0.887. The standard InChI is InChI=1S/C92H66F4N2O4/c1-6-60-28-44-73(45-29-60)101-75-52-36-65(37-53-75)91(63-32-48-71(99-4)49-33-63)81-20-11-9-18-77(81)79-56-42-69(58-83(79)91)97(89-85(93)22-14-23-86(89)94)67(8-3)17-13-16-62-26-40-68(41-27-62)98(90-87(95)24-15-25-88(90)96)70-43-57-80-78-19-10-12-21-82(78)92(84(80)59-70,64-34-50-72(100-5)51-35-64)66-38-54-76(55-39-66)102-74-46-30-61(7-2)31-47-74/h6-59H,1-3H2,4-5H3/b16-13+,67-17+. The SMILES string of the molecule is C=C/C(=C\C=C\c1ccc(N(c2ccc3c(c2)C(c2ccc(OC)cc2)(c2ccc(Oc4ccc(C=C)cc4)cc2)c2ccccc2-3)c2c(F)cccc2F)cc1)N(c1ccc2c(c1)C(c1ccc(OC)cc1)(c1ccc(Oc3ccc(C=C)cc3)cc1)c1ccccc1-2)c1c(F)cccc1F. The number of nitrogens with zero attached hydrogens (tertiary/aromatic N) is 2. The second-order valence-corrected chi connectivity index (χ2v) is 24.9. The topological polar surface area (TPSA) is 43.4 Å². The van der Waals surface area contributed by atoms with E-state index in [0.29, 0.717) is 62.8 Å². The van der Waals surface area contributed by atoms with Crippen molar-refractivity contribution in [3.63, 3.8) is 0 Å². The molecule has 0 aliphatic heterocycles. The van der Waals surface area contributed by atoms with Crippen molar-refractivity contribution in [1.82, 2.24) is 0 Å². The Hall–Kier alpha value is -12.9. The van der Waals surface area contributed by atoms with Crippen molar-refractivity contribution < 1.29 is 36.5 Å². The van der Waals surface area contributed by atoms with Gasteiger partial charge in [0.25, 0.3) is 0 Å². The summed E-state index contributed by atoms with van der Waals surface area (Å²) in [6.45, 7) is 12.0. The molecular weight excluding hydrogens is 1270 g/mol. The maximum absolute atomic E-state index is 16.7. The van der Waals surface area contributed by atoms with E-state index in [0.717, 1.165) is 77.9 Å². The molecule has 2 aliphatic rings. The lowest BCUT2D eigenvalue weighted by Gasteiger charge is -2.35. The Bertz CT molecular complexity index is 5360. The van der Waals surface area contributed by atoms with Gasteiger partial charge in [0.15, 0.2) is 0 Å². The Morgan fingerprint density at radius 1 is 0.343 bits per heavy atom. The van der Waals surface area contributed by atoms with Gasteiger partial charge < -0.3 is 28.7 Å². The van der Waals surface area contributed by atoms with Crippen LogP contribution < -0.4 is 28.7 Å². The lowest BCUT2D eigenvalue weighted by Crippen LogP contribution is -2.29. The number of methoxy groups -OCH3 is 2. The van der Waals surface area contributed by atoms with Gasteiger partial charge >= 0.3 is 0 Å². The summed E-state index contributed by atoms with van der Waals surface area (Å²) < 4.78 is 91.0. The van der Waals surface area contributed by atoms with Crippen LogP contribution in [0.1, 0.15) is 61.2 Å². The van der Waals surface area contributed by atoms with Crippen molar-refractivity contribution in [3.8, 4) is 56.8 Å². The maximum atomic E-state index is 16.7. The highest BCUT2D eigenvalue weighted by Gasteiger charge is 2.48. The summed E-state index contributed by atoms with van der Waals surface area (Å²) in [4.78, 5) is 3.16. The van der Waals surface area contributed by atoms with Crippen LogP contribution in [0.25, 0.3) is 40.5 Å². The van der Waals surface area contributed by atoms with Gasteiger partial charge in [-0.05, 0) is 229 Å². The lowest BCUT2D eigenvalue weighted by atomic mass is 9.67. The molecule has 13 aromatic carbocycles. The third-order valence-corrected chi connectivity index (χ3v) is 19.4. The minimum Gasteiger partial charge on any atom is -0.497 e. The highest BCUT2D eigenvalue weighted by Crippen LogP contribution is 2.60. The van der Waals surface area contributed by atoms with Crippen molar-refractivity contribution in [2.45, 2.75) is 10.8 Å². The minimum absolute atomic E-state index is 0.265. The van der Waals surface area contributed by atoms with Gasteiger partial charge in [-0.15, -0.1) is 0 Å². The van der Waals surface area contributed by atoms with E-state index in [1.54, 1.807) is 54.4 Å². The third kappa shape index (κ3) is 11.5. The zero-order valence-corrected chi connectivity index (χ0v) is 55.8. The fourth-order valence-corrected chi connectivity index (χ4v) is 14.7. The summed E-state index contributed by atoms with van der Waals surface area (Å²) in [6.07, 6.45) is 10.5. The highest BCUT2D eigenvalue weighted by atomic mass is 19.1. The average molecular weight is 1340 g/mol. The average Bonchev–Trinajstić information content (AvgIpc) is 1.53.